The average Bonchev–Trinajstić information content (AvgIpc) is 3.03. The molecule has 1 heterocycles. The fourth-order valence-electron chi connectivity index (χ4n) is 2.72. The number of hydrogen-bond donors (Lipinski definition) is 2. The summed E-state index contributed by atoms with van der Waals surface area (Å²) in [4.78, 5) is 18.3. The van der Waals surface area contributed by atoms with Crippen LogP contribution in [0, 0.1) is 0 Å². The summed E-state index contributed by atoms with van der Waals surface area (Å²) in [6.45, 7) is 9.79. The molecule has 0 saturated carbocycles. The number of aliphatic imine (C=N–C) groups is 1. The van der Waals surface area contributed by atoms with E-state index in [9.17, 15) is 4.79 Å². The zero-order valence-corrected chi connectivity index (χ0v) is 19.2. The summed E-state index contributed by atoms with van der Waals surface area (Å²) < 4.78 is 5.43. The van der Waals surface area contributed by atoms with Crippen molar-refractivity contribution in [3.05, 3.63) is 35.4 Å². The van der Waals surface area contributed by atoms with Crippen LogP contribution in [0.4, 0.5) is 0 Å². The zero-order chi connectivity index (χ0) is 19.0. The van der Waals surface area contributed by atoms with E-state index in [-0.39, 0.29) is 35.5 Å². The Morgan fingerprint density at radius 3 is 2.44 bits per heavy atom. The molecule has 0 bridgehead atoms. The lowest BCUT2D eigenvalue weighted by Gasteiger charge is -2.24. The molecule has 1 aliphatic heterocycles. The van der Waals surface area contributed by atoms with Crippen LogP contribution in [0.1, 0.15) is 44.7 Å². The van der Waals surface area contributed by atoms with Crippen LogP contribution in [0.15, 0.2) is 29.3 Å². The highest BCUT2D eigenvalue weighted by Gasteiger charge is 2.19. The van der Waals surface area contributed by atoms with Gasteiger partial charge in [0.25, 0.3) is 0 Å². The van der Waals surface area contributed by atoms with E-state index in [1.807, 2.05) is 25.7 Å². The van der Waals surface area contributed by atoms with Gasteiger partial charge in [-0.1, -0.05) is 24.3 Å². The molecule has 1 amide bonds. The summed E-state index contributed by atoms with van der Waals surface area (Å²) in [5, 5.41) is 6.57. The van der Waals surface area contributed by atoms with Crippen molar-refractivity contribution in [2.75, 3.05) is 26.7 Å². The molecule has 7 heteroatoms. The Hall–Kier alpha value is -1.35. The van der Waals surface area contributed by atoms with Crippen LogP contribution < -0.4 is 10.6 Å². The van der Waals surface area contributed by atoms with Gasteiger partial charge in [-0.05, 0) is 38.3 Å². The van der Waals surface area contributed by atoms with Gasteiger partial charge < -0.3 is 20.3 Å². The second kappa shape index (κ2) is 11.5. The lowest BCUT2D eigenvalue weighted by atomic mass is 10.1. The van der Waals surface area contributed by atoms with Crippen LogP contribution in [0.5, 0.6) is 0 Å². The second-order valence-electron chi connectivity index (χ2n) is 7.25. The zero-order valence-electron chi connectivity index (χ0n) is 16.9. The standard InChI is InChI=1S/C20H32N4O2.HI/c1-5-21-19(23-15-20(2,3)26-4)22-13-16-8-10-17(11-9-16)14-24-12-6-7-18(24)25;/h8-11H,5-7,12-15H2,1-4H3,(H2,21,22,23);1H. The topological polar surface area (TPSA) is 66.0 Å². The third kappa shape index (κ3) is 8.04. The summed E-state index contributed by atoms with van der Waals surface area (Å²) in [5.41, 5.74) is 2.06. The summed E-state index contributed by atoms with van der Waals surface area (Å²) in [6.07, 6.45) is 1.67. The molecule has 0 aromatic heterocycles. The predicted octanol–water partition coefficient (Wildman–Crippen LogP) is 2.91. The number of nitrogens with zero attached hydrogens (tertiary/aromatic N) is 2. The first-order valence-electron chi connectivity index (χ1n) is 9.36. The number of guanidine groups is 1. The smallest absolute Gasteiger partial charge is 0.222 e. The van der Waals surface area contributed by atoms with E-state index in [1.54, 1.807) is 7.11 Å². The van der Waals surface area contributed by atoms with E-state index < -0.39 is 0 Å². The summed E-state index contributed by atoms with van der Waals surface area (Å²) >= 11 is 0. The molecule has 152 valence electrons. The van der Waals surface area contributed by atoms with Gasteiger partial charge in [0.2, 0.25) is 5.91 Å². The van der Waals surface area contributed by atoms with Crippen LogP contribution >= 0.6 is 24.0 Å². The maximum Gasteiger partial charge on any atom is 0.222 e. The highest BCUT2D eigenvalue weighted by atomic mass is 127. The molecule has 1 saturated heterocycles. The summed E-state index contributed by atoms with van der Waals surface area (Å²) in [7, 11) is 1.71. The molecule has 0 spiro atoms. The molecule has 1 aliphatic rings. The Balaban J connectivity index is 0.00000364. The SMILES string of the molecule is CCNC(=NCc1ccc(CN2CCCC2=O)cc1)NCC(C)(C)OC.I. The minimum absolute atomic E-state index is 0. The van der Waals surface area contributed by atoms with E-state index in [2.05, 4.69) is 39.9 Å². The van der Waals surface area contributed by atoms with Crippen LogP contribution in [0.2, 0.25) is 0 Å². The fourth-order valence-corrected chi connectivity index (χ4v) is 2.72. The van der Waals surface area contributed by atoms with Crippen molar-refractivity contribution < 1.29 is 9.53 Å². The minimum Gasteiger partial charge on any atom is -0.377 e. The number of halogens is 1. The van der Waals surface area contributed by atoms with Gasteiger partial charge in [0.1, 0.15) is 0 Å². The minimum atomic E-state index is -0.245. The Morgan fingerprint density at radius 2 is 1.89 bits per heavy atom. The maximum atomic E-state index is 11.7. The highest BCUT2D eigenvalue weighted by molar-refractivity contribution is 14.0. The first-order chi connectivity index (χ1) is 12.4. The third-order valence-electron chi connectivity index (χ3n) is 4.57. The molecule has 27 heavy (non-hydrogen) atoms. The molecular formula is C20H33IN4O2. The molecule has 0 aliphatic carbocycles. The number of benzene rings is 1. The van der Waals surface area contributed by atoms with E-state index >= 15 is 0 Å². The fraction of sp³-hybridized carbons (Fsp3) is 0.600. The lowest BCUT2D eigenvalue weighted by Crippen LogP contribution is -2.45. The molecule has 0 unspecified atom stereocenters. The number of nitrogens with one attached hydrogen (secondary N) is 2. The van der Waals surface area contributed by atoms with Gasteiger partial charge in [-0.3, -0.25) is 4.79 Å². The van der Waals surface area contributed by atoms with Crippen molar-refractivity contribution in [2.45, 2.75) is 52.3 Å². The number of rotatable bonds is 8. The van der Waals surface area contributed by atoms with Crippen molar-refractivity contribution in [1.82, 2.24) is 15.5 Å². The van der Waals surface area contributed by atoms with Gasteiger partial charge in [0, 0.05) is 39.7 Å². The van der Waals surface area contributed by atoms with E-state index in [0.29, 0.717) is 26.1 Å². The molecular weight excluding hydrogens is 455 g/mol. The number of hydrogen-bond acceptors (Lipinski definition) is 3. The van der Waals surface area contributed by atoms with Crippen LogP contribution in [0.3, 0.4) is 0 Å². The molecule has 0 atom stereocenters. The summed E-state index contributed by atoms with van der Waals surface area (Å²) in [5.74, 6) is 1.04. The number of likely N-dealkylation sites (tertiary alicyclic amines) is 1. The van der Waals surface area contributed by atoms with Crippen LogP contribution in [-0.2, 0) is 22.6 Å². The lowest BCUT2D eigenvalue weighted by molar-refractivity contribution is -0.128. The van der Waals surface area contributed by atoms with Gasteiger partial charge in [-0.15, -0.1) is 24.0 Å². The van der Waals surface area contributed by atoms with Crippen LogP contribution in [-0.4, -0.2) is 49.1 Å². The number of carbonyl (C=O) groups excluding carboxylic acids is 1. The molecule has 1 aromatic carbocycles. The second-order valence-corrected chi connectivity index (χ2v) is 7.25. The molecule has 0 radical (unpaired) electrons. The van der Waals surface area contributed by atoms with Crippen molar-refractivity contribution in [2.24, 2.45) is 4.99 Å². The Labute approximate surface area is 180 Å². The van der Waals surface area contributed by atoms with Gasteiger partial charge >= 0.3 is 0 Å². The van der Waals surface area contributed by atoms with Crippen molar-refractivity contribution in [3.63, 3.8) is 0 Å². The number of carbonyl (C=O) groups is 1. The normalized spacial score (nSPS) is 14.9. The first-order valence-corrected chi connectivity index (χ1v) is 9.36. The van der Waals surface area contributed by atoms with Gasteiger partial charge in [-0.25, -0.2) is 4.99 Å². The average molecular weight is 488 g/mol. The highest BCUT2D eigenvalue weighted by Crippen LogP contribution is 2.15. The largest absolute Gasteiger partial charge is 0.377 e. The first kappa shape index (κ1) is 23.7. The van der Waals surface area contributed by atoms with Crippen molar-refractivity contribution >= 4 is 35.8 Å². The number of amides is 1. The quantitative estimate of drug-likeness (QED) is 0.336. The molecule has 6 nitrogen and oxygen atoms in total. The van der Waals surface area contributed by atoms with E-state index in [4.69, 9.17) is 4.74 Å². The number of ether oxygens (including phenoxy) is 1. The van der Waals surface area contributed by atoms with Gasteiger partial charge in [-0.2, -0.15) is 0 Å². The van der Waals surface area contributed by atoms with E-state index in [0.717, 1.165) is 31.0 Å². The molecule has 1 fully saturated rings. The Bertz CT molecular complexity index is 617. The summed E-state index contributed by atoms with van der Waals surface area (Å²) in [6, 6.07) is 8.35. The van der Waals surface area contributed by atoms with Crippen molar-refractivity contribution in [3.8, 4) is 0 Å². The van der Waals surface area contributed by atoms with Crippen LogP contribution in [0.25, 0.3) is 0 Å². The van der Waals surface area contributed by atoms with Crippen molar-refractivity contribution in [1.29, 1.82) is 0 Å². The third-order valence-corrected chi connectivity index (χ3v) is 4.57. The number of methoxy groups -OCH3 is 1. The molecule has 2 N–H and O–H groups in total. The maximum absolute atomic E-state index is 11.7. The Kier molecular flexibility index (Phi) is 10.1. The monoisotopic (exact) mass is 488 g/mol. The predicted molar refractivity (Wildman–Crippen MR) is 120 cm³/mol. The Morgan fingerprint density at radius 1 is 1.22 bits per heavy atom. The molecule has 1 aromatic rings. The van der Waals surface area contributed by atoms with Gasteiger partial charge in [0.05, 0.1) is 12.1 Å². The van der Waals surface area contributed by atoms with Gasteiger partial charge in [0.15, 0.2) is 5.96 Å². The van der Waals surface area contributed by atoms with E-state index in [1.165, 1.54) is 5.56 Å². The molecule has 2 rings (SSSR count).